The van der Waals surface area contributed by atoms with E-state index in [4.69, 9.17) is 14.5 Å². The van der Waals surface area contributed by atoms with Crippen molar-refractivity contribution >= 4 is 16.8 Å². The molecule has 6 heteroatoms. The molecular formula is C25H17N2O3Pt-. The Morgan fingerprint density at radius 1 is 0.968 bits per heavy atom. The van der Waals surface area contributed by atoms with Gasteiger partial charge in [-0.15, -0.1) is 18.2 Å². The van der Waals surface area contributed by atoms with Gasteiger partial charge in [0.15, 0.2) is 0 Å². The van der Waals surface area contributed by atoms with E-state index in [1.54, 1.807) is 18.2 Å². The van der Waals surface area contributed by atoms with Crippen molar-refractivity contribution in [2.24, 2.45) is 4.99 Å². The van der Waals surface area contributed by atoms with E-state index in [1.807, 2.05) is 36.4 Å². The molecule has 0 saturated carbocycles. The van der Waals surface area contributed by atoms with Gasteiger partial charge < -0.3 is 14.6 Å². The summed E-state index contributed by atoms with van der Waals surface area (Å²) in [6, 6.07) is 26.2. The molecule has 0 saturated heterocycles. The van der Waals surface area contributed by atoms with Crippen molar-refractivity contribution in [1.29, 1.82) is 0 Å². The van der Waals surface area contributed by atoms with Crippen molar-refractivity contribution in [2.75, 3.05) is 0 Å². The van der Waals surface area contributed by atoms with Crippen LogP contribution >= 0.6 is 0 Å². The maximum absolute atomic E-state index is 10.0. The first-order valence-electron chi connectivity index (χ1n) is 9.86. The average Bonchev–Trinajstić information content (AvgIpc) is 3.33. The molecule has 2 atom stereocenters. The van der Waals surface area contributed by atoms with Crippen LogP contribution in [0.4, 0.5) is 0 Å². The van der Waals surface area contributed by atoms with E-state index in [1.165, 1.54) is 11.1 Å². The summed E-state index contributed by atoms with van der Waals surface area (Å²) >= 11 is 0. The number of pyridine rings is 1. The Bertz CT molecular complexity index is 1320. The molecule has 31 heavy (non-hydrogen) atoms. The topological polar surface area (TPSA) is 63.9 Å². The summed E-state index contributed by atoms with van der Waals surface area (Å²) in [6.45, 7) is 0. The molecule has 0 radical (unpaired) electrons. The maximum atomic E-state index is 10.0. The number of aliphatic imine (C=N–C) groups is 1. The number of rotatable bonds is 3. The van der Waals surface area contributed by atoms with Gasteiger partial charge >= 0.3 is 0 Å². The molecular weight excluding hydrogens is 571 g/mol. The van der Waals surface area contributed by atoms with Crippen molar-refractivity contribution in [1.82, 2.24) is 4.98 Å². The van der Waals surface area contributed by atoms with Crippen LogP contribution in [0.5, 0.6) is 17.4 Å². The van der Waals surface area contributed by atoms with E-state index >= 15 is 0 Å². The average molecular weight is 589 g/mol. The zero-order chi connectivity index (χ0) is 20.1. The SMILES string of the molecule is Oc1cccc2ccc(Oc3[c-]c(C4=N[C@H]5Cc6ccccc6[C@@H]5O4)ccc3)nc12.[Pt]. The van der Waals surface area contributed by atoms with Gasteiger partial charge in [0, 0.05) is 38.3 Å². The number of ether oxygens (including phenoxy) is 2. The Balaban J connectivity index is 0.00000204. The first kappa shape index (κ1) is 19.8. The van der Waals surface area contributed by atoms with Gasteiger partial charge in [-0.05, 0) is 29.7 Å². The molecule has 156 valence electrons. The minimum absolute atomic E-state index is 0. The van der Waals surface area contributed by atoms with Gasteiger partial charge in [-0.25, -0.2) is 4.98 Å². The molecule has 0 bridgehead atoms. The predicted octanol–water partition coefficient (Wildman–Crippen LogP) is 4.97. The molecule has 1 aliphatic heterocycles. The number of benzene rings is 3. The molecule has 0 amide bonds. The molecule has 1 aliphatic carbocycles. The normalized spacial score (nSPS) is 18.5. The summed E-state index contributed by atoms with van der Waals surface area (Å²) in [5.74, 6) is 1.61. The van der Waals surface area contributed by atoms with Crippen molar-refractivity contribution in [3.8, 4) is 17.4 Å². The van der Waals surface area contributed by atoms with Gasteiger partial charge in [-0.2, -0.15) is 0 Å². The number of para-hydroxylation sites is 1. The molecule has 0 unspecified atom stereocenters. The van der Waals surface area contributed by atoms with Crippen LogP contribution in [-0.2, 0) is 32.2 Å². The van der Waals surface area contributed by atoms with Crippen molar-refractivity contribution in [3.63, 3.8) is 0 Å². The van der Waals surface area contributed by atoms with E-state index in [0.29, 0.717) is 23.0 Å². The summed E-state index contributed by atoms with van der Waals surface area (Å²) in [6.07, 6.45) is 0.865. The third-order valence-corrected chi connectivity index (χ3v) is 5.55. The molecule has 2 heterocycles. The zero-order valence-corrected chi connectivity index (χ0v) is 18.5. The van der Waals surface area contributed by atoms with Gasteiger partial charge in [-0.3, -0.25) is 4.99 Å². The van der Waals surface area contributed by atoms with E-state index in [0.717, 1.165) is 17.4 Å². The number of aromatic hydroxyl groups is 1. The third kappa shape index (κ3) is 3.49. The second-order valence-electron chi connectivity index (χ2n) is 7.47. The maximum Gasteiger partial charge on any atom is 0.217 e. The molecule has 0 fully saturated rings. The van der Waals surface area contributed by atoms with Crippen LogP contribution in [0.2, 0.25) is 0 Å². The van der Waals surface area contributed by atoms with Crippen LogP contribution < -0.4 is 4.74 Å². The summed E-state index contributed by atoms with van der Waals surface area (Å²) in [7, 11) is 0. The van der Waals surface area contributed by atoms with Crippen LogP contribution in [0.15, 0.2) is 77.8 Å². The fourth-order valence-electron chi connectivity index (χ4n) is 4.14. The first-order chi connectivity index (χ1) is 14.7. The van der Waals surface area contributed by atoms with Crippen LogP contribution in [0.1, 0.15) is 22.8 Å². The smallest absolute Gasteiger partial charge is 0.217 e. The van der Waals surface area contributed by atoms with Gasteiger partial charge in [-0.1, -0.05) is 48.0 Å². The Labute approximate surface area is 193 Å². The Kier molecular flexibility index (Phi) is 4.99. The number of nitrogens with zero attached hydrogens (tertiary/aromatic N) is 2. The van der Waals surface area contributed by atoms with E-state index < -0.39 is 0 Å². The summed E-state index contributed by atoms with van der Waals surface area (Å²) < 4.78 is 12.1. The zero-order valence-electron chi connectivity index (χ0n) is 16.3. The van der Waals surface area contributed by atoms with E-state index in [9.17, 15) is 5.11 Å². The molecule has 2 aliphatic rings. The standard InChI is InChI=1S/C25H17N2O3.Pt/c28-21-10-4-6-15-11-12-22(27-23(15)21)29-18-8-3-7-17(13-18)25-26-20-14-16-5-1-2-9-19(16)24(20)30-25;/h1-12,20,24,28H,14H2;/q-1;/t20-,24-;/m0./s1. The molecule has 0 spiro atoms. The number of hydrogen-bond acceptors (Lipinski definition) is 5. The number of fused-ring (bicyclic) bond motifs is 4. The molecule has 4 aromatic rings. The number of hydrogen-bond donors (Lipinski definition) is 1. The number of aromatic nitrogens is 1. The monoisotopic (exact) mass is 588 g/mol. The molecule has 1 aromatic heterocycles. The third-order valence-electron chi connectivity index (χ3n) is 5.55. The number of phenols is 1. The van der Waals surface area contributed by atoms with Gasteiger partial charge in [0.25, 0.3) is 0 Å². The van der Waals surface area contributed by atoms with Crippen LogP contribution in [0, 0.1) is 6.07 Å². The predicted molar refractivity (Wildman–Crippen MR) is 113 cm³/mol. The van der Waals surface area contributed by atoms with Crippen LogP contribution in [-0.4, -0.2) is 22.0 Å². The van der Waals surface area contributed by atoms with Crippen molar-refractivity contribution < 1.29 is 35.6 Å². The quantitative estimate of drug-likeness (QED) is 0.344. The summed E-state index contributed by atoms with van der Waals surface area (Å²) in [5, 5.41) is 10.9. The Hall–Kier alpha value is -3.17. The van der Waals surface area contributed by atoms with Gasteiger partial charge in [0.05, 0.1) is 6.04 Å². The number of phenolic OH excluding ortho intramolecular Hbond substituents is 1. The molecule has 1 N–H and O–H groups in total. The van der Waals surface area contributed by atoms with Crippen molar-refractivity contribution in [3.05, 3.63) is 95.6 Å². The van der Waals surface area contributed by atoms with E-state index in [-0.39, 0.29) is 39.0 Å². The fraction of sp³-hybridized carbons (Fsp3) is 0.120. The molecule has 3 aromatic carbocycles. The van der Waals surface area contributed by atoms with Crippen LogP contribution in [0.3, 0.4) is 0 Å². The largest absolute Gasteiger partial charge is 0.510 e. The second kappa shape index (κ2) is 7.82. The Morgan fingerprint density at radius 2 is 1.84 bits per heavy atom. The van der Waals surface area contributed by atoms with E-state index in [2.05, 4.69) is 29.2 Å². The molecule has 6 rings (SSSR count). The fourth-order valence-corrected chi connectivity index (χ4v) is 4.14. The first-order valence-corrected chi connectivity index (χ1v) is 9.86. The minimum Gasteiger partial charge on any atom is -0.510 e. The summed E-state index contributed by atoms with van der Waals surface area (Å²) in [5.41, 5.74) is 3.78. The van der Waals surface area contributed by atoms with Gasteiger partial charge in [0.2, 0.25) is 5.88 Å². The minimum atomic E-state index is -0.0284. The Morgan fingerprint density at radius 3 is 2.77 bits per heavy atom. The van der Waals surface area contributed by atoms with Crippen molar-refractivity contribution in [2.45, 2.75) is 18.6 Å². The van der Waals surface area contributed by atoms with Crippen LogP contribution in [0.25, 0.3) is 10.9 Å². The van der Waals surface area contributed by atoms with Gasteiger partial charge in [0.1, 0.15) is 23.3 Å². The summed E-state index contributed by atoms with van der Waals surface area (Å²) in [4.78, 5) is 9.21. The molecule has 5 nitrogen and oxygen atoms in total. The second-order valence-corrected chi connectivity index (χ2v) is 7.47.